The van der Waals surface area contributed by atoms with E-state index in [0.29, 0.717) is 28.5 Å². The quantitative estimate of drug-likeness (QED) is 0.433. The number of anilines is 1. The molecule has 31 heavy (non-hydrogen) atoms. The molecule has 4 rings (SSSR count). The number of phenolic OH excluding ortho intramolecular Hbond substituents is 1. The highest BCUT2D eigenvalue weighted by Crippen LogP contribution is 2.30. The summed E-state index contributed by atoms with van der Waals surface area (Å²) in [4.78, 5) is 14.8. The number of halogens is 1. The molecule has 2 N–H and O–H groups in total. The minimum atomic E-state index is -0.284. The lowest BCUT2D eigenvalue weighted by Crippen LogP contribution is -2.18. The van der Waals surface area contributed by atoms with Gasteiger partial charge in [0.25, 0.3) is 5.91 Å². The number of hydrogen-bond donors (Lipinski definition) is 2. The molecule has 1 aliphatic rings. The van der Waals surface area contributed by atoms with Gasteiger partial charge in [0.2, 0.25) is 0 Å². The van der Waals surface area contributed by atoms with Gasteiger partial charge in [-0.05, 0) is 78.2 Å². The van der Waals surface area contributed by atoms with Crippen LogP contribution < -0.4 is 15.1 Å². The predicted octanol–water partition coefficient (Wildman–Crippen LogP) is 4.73. The first-order valence-corrected chi connectivity index (χ1v) is 10.3. The molecule has 158 valence electrons. The standard InChI is InChI=1S/C24H22ClN3O3/c1-2-31-23-11-16(3-10-22(23)29)13-26-27-24(30)17-4-5-18-14-28(15-19(18)12-17)21-8-6-20(25)7-9-21/h3-13,29H,2,14-15H2,1H3,(H,27,30)/b26-13-. The number of rotatable bonds is 6. The van der Waals surface area contributed by atoms with Crippen LogP contribution in [0.2, 0.25) is 5.02 Å². The number of ether oxygens (including phenoxy) is 1. The molecule has 6 nitrogen and oxygen atoms in total. The third-order valence-electron chi connectivity index (χ3n) is 5.05. The molecular weight excluding hydrogens is 414 g/mol. The Kier molecular flexibility index (Phi) is 6.09. The first-order chi connectivity index (χ1) is 15.0. The van der Waals surface area contributed by atoms with Crippen LogP contribution in [0.3, 0.4) is 0 Å². The van der Waals surface area contributed by atoms with E-state index in [4.69, 9.17) is 16.3 Å². The average molecular weight is 436 g/mol. The Hall–Kier alpha value is -3.51. The molecular formula is C24H22ClN3O3. The molecule has 0 unspecified atom stereocenters. The van der Waals surface area contributed by atoms with E-state index in [-0.39, 0.29) is 11.7 Å². The molecule has 7 heteroatoms. The van der Waals surface area contributed by atoms with Crippen molar-refractivity contribution in [2.75, 3.05) is 11.5 Å². The van der Waals surface area contributed by atoms with E-state index in [0.717, 1.165) is 24.3 Å². The average Bonchev–Trinajstić information content (AvgIpc) is 3.20. The van der Waals surface area contributed by atoms with E-state index in [2.05, 4.69) is 15.4 Å². The van der Waals surface area contributed by atoms with Crippen LogP contribution in [-0.2, 0) is 13.1 Å². The maximum absolute atomic E-state index is 12.5. The Balaban J connectivity index is 1.41. The summed E-state index contributed by atoms with van der Waals surface area (Å²) >= 11 is 5.98. The lowest BCUT2D eigenvalue weighted by atomic mass is 10.1. The van der Waals surface area contributed by atoms with E-state index >= 15 is 0 Å². The summed E-state index contributed by atoms with van der Waals surface area (Å²) in [6.07, 6.45) is 1.51. The molecule has 0 fully saturated rings. The Morgan fingerprint density at radius 1 is 1.13 bits per heavy atom. The van der Waals surface area contributed by atoms with Gasteiger partial charge in [0.1, 0.15) is 0 Å². The van der Waals surface area contributed by atoms with Crippen molar-refractivity contribution in [3.05, 3.63) is 87.9 Å². The zero-order valence-electron chi connectivity index (χ0n) is 17.0. The number of nitrogens with one attached hydrogen (secondary N) is 1. The summed E-state index contributed by atoms with van der Waals surface area (Å²) in [6, 6.07) is 18.3. The normalized spacial score (nSPS) is 12.8. The van der Waals surface area contributed by atoms with Crippen molar-refractivity contribution in [3.63, 3.8) is 0 Å². The van der Waals surface area contributed by atoms with E-state index < -0.39 is 0 Å². The number of amides is 1. The fourth-order valence-corrected chi connectivity index (χ4v) is 3.61. The number of benzene rings is 3. The van der Waals surface area contributed by atoms with Gasteiger partial charge in [0.15, 0.2) is 11.5 Å². The van der Waals surface area contributed by atoms with Gasteiger partial charge in [0.05, 0.1) is 12.8 Å². The molecule has 3 aromatic rings. The first-order valence-electron chi connectivity index (χ1n) is 9.95. The molecule has 0 saturated carbocycles. The largest absolute Gasteiger partial charge is 0.504 e. The maximum atomic E-state index is 12.5. The smallest absolute Gasteiger partial charge is 0.271 e. The second kappa shape index (κ2) is 9.10. The number of phenols is 1. The van der Waals surface area contributed by atoms with Crippen molar-refractivity contribution in [2.45, 2.75) is 20.0 Å². The van der Waals surface area contributed by atoms with Crippen molar-refractivity contribution >= 4 is 29.4 Å². The molecule has 0 spiro atoms. The number of hydrogen-bond acceptors (Lipinski definition) is 5. The molecule has 1 heterocycles. The predicted molar refractivity (Wildman–Crippen MR) is 122 cm³/mol. The fourth-order valence-electron chi connectivity index (χ4n) is 3.48. The highest BCUT2D eigenvalue weighted by molar-refractivity contribution is 6.30. The molecule has 1 aliphatic heterocycles. The van der Waals surface area contributed by atoms with E-state index in [1.165, 1.54) is 17.8 Å². The Labute approximate surface area is 185 Å². The van der Waals surface area contributed by atoms with Crippen LogP contribution in [0, 0.1) is 0 Å². The van der Waals surface area contributed by atoms with Crippen LogP contribution in [0.15, 0.2) is 65.8 Å². The summed E-state index contributed by atoms with van der Waals surface area (Å²) in [6.45, 7) is 3.81. The Morgan fingerprint density at radius 3 is 2.68 bits per heavy atom. The highest BCUT2D eigenvalue weighted by atomic mass is 35.5. The van der Waals surface area contributed by atoms with Gasteiger partial charge in [-0.25, -0.2) is 5.43 Å². The Bertz CT molecular complexity index is 1130. The van der Waals surface area contributed by atoms with E-state index in [9.17, 15) is 9.90 Å². The highest BCUT2D eigenvalue weighted by Gasteiger charge is 2.20. The van der Waals surface area contributed by atoms with Crippen molar-refractivity contribution in [1.82, 2.24) is 5.43 Å². The third-order valence-corrected chi connectivity index (χ3v) is 5.30. The molecule has 0 aromatic heterocycles. The lowest BCUT2D eigenvalue weighted by molar-refractivity contribution is 0.0955. The number of nitrogens with zero attached hydrogens (tertiary/aromatic N) is 2. The van der Waals surface area contributed by atoms with Crippen LogP contribution in [-0.4, -0.2) is 23.8 Å². The Morgan fingerprint density at radius 2 is 1.90 bits per heavy atom. The molecule has 0 saturated heterocycles. The molecule has 0 radical (unpaired) electrons. The maximum Gasteiger partial charge on any atom is 0.271 e. The van der Waals surface area contributed by atoms with Crippen LogP contribution >= 0.6 is 11.6 Å². The van der Waals surface area contributed by atoms with Crippen LogP contribution in [0.1, 0.15) is 34.0 Å². The topological polar surface area (TPSA) is 74.2 Å². The molecule has 3 aromatic carbocycles. The zero-order valence-corrected chi connectivity index (χ0v) is 17.8. The van der Waals surface area contributed by atoms with Crippen molar-refractivity contribution in [1.29, 1.82) is 0 Å². The van der Waals surface area contributed by atoms with Gasteiger partial charge >= 0.3 is 0 Å². The van der Waals surface area contributed by atoms with Gasteiger partial charge in [-0.2, -0.15) is 5.10 Å². The summed E-state index contributed by atoms with van der Waals surface area (Å²) in [5.74, 6) is 0.156. The third kappa shape index (κ3) is 4.81. The number of fused-ring (bicyclic) bond motifs is 1. The minimum absolute atomic E-state index is 0.0637. The van der Waals surface area contributed by atoms with Crippen LogP contribution in [0.5, 0.6) is 11.5 Å². The van der Waals surface area contributed by atoms with E-state index in [1.54, 1.807) is 12.1 Å². The summed E-state index contributed by atoms with van der Waals surface area (Å²) in [5.41, 5.74) is 7.21. The molecule has 0 bridgehead atoms. The summed E-state index contributed by atoms with van der Waals surface area (Å²) < 4.78 is 5.35. The van der Waals surface area contributed by atoms with Gasteiger partial charge in [0, 0.05) is 29.4 Å². The van der Waals surface area contributed by atoms with Crippen molar-refractivity contribution in [2.24, 2.45) is 5.10 Å². The van der Waals surface area contributed by atoms with Gasteiger partial charge in [-0.3, -0.25) is 4.79 Å². The van der Waals surface area contributed by atoms with Crippen LogP contribution in [0.25, 0.3) is 0 Å². The number of carbonyl (C=O) groups is 1. The summed E-state index contributed by atoms with van der Waals surface area (Å²) in [5, 5.41) is 14.5. The van der Waals surface area contributed by atoms with Gasteiger partial charge in [-0.15, -0.1) is 0 Å². The SMILES string of the molecule is CCOc1cc(/C=N\NC(=O)c2ccc3c(c2)CN(c2ccc(Cl)cc2)C3)ccc1O. The second-order valence-electron chi connectivity index (χ2n) is 7.18. The number of carbonyl (C=O) groups excluding carboxylic acids is 1. The van der Waals surface area contributed by atoms with Gasteiger partial charge < -0.3 is 14.7 Å². The van der Waals surface area contributed by atoms with E-state index in [1.807, 2.05) is 49.4 Å². The van der Waals surface area contributed by atoms with Crippen LogP contribution in [0.4, 0.5) is 5.69 Å². The van der Waals surface area contributed by atoms with Crippen molar-refractivity contribution < 1.29 is 14.6 Å². The van der Waals surface area contributed by atoms with Gasteiger partial charge in [-0.1, -0.05) is 17.7 Å². The minimum Gasteiger partial charge on any atom is -0.504 e. The second-order valence-corrected chi connectivity index (χ2v) is 7.61. The fraction of sp³-hybridized carbons (Fsp3) is 0.167. The van der Waals surface area contributed by atoms with Crippen molar-refractivity contribution in [3.8, 4) is 11.5 Å². The lowest BCUT2D eigenvalue weighted by Gasteiger charge is -2.17. The number of hydrazone groups is 1. The zero-order chi connectivity index (χ0) is 21.8. The molecule has 0 atom stereocenters. The molecule has 1 amide bonds. The monoisotopic (exact) mass is 435 g/mol. The number of aromatic hydroxyl groups is 1. The summed E-state index contributed by atoms with van der Waals surface area (Å²) in [7, 11) is 0. The molecule has 0 aliphatic carbocycles. The first kappa shape index (κ1) is 20.8.